The molecule has 0 saturated carbocycles. The predicted octanol–water partition coefficient (Wildman–Crippen LogP) is -0.768. The van der Waals surface area contributed by atoms with Gasteiger partial charge in [0.15, 0.2) is 0 Å². The van der Waals surface area contributed by atoms with Crippen molar-refractivity contribution in [2.24, 2.45) is 0 Å². The van der Waals surface area contributed by atoms with Crippen molar-refractivity contribution < 1.29 is 33.8 Å². The van der Waals surface area contributed by atoms with Gasteiger partial charge in [0, 0.05) is 30.2 Å². The van der Waals surface area contributed by atoms with Crippen LogP contribution in [0.2, 0.25) is 0 Å². The Morgan fingerprint density at radius 3 is 2.75 bits per heavy atom. The number of carboxylic acid groups (broad SMARTS) is 1. The highest BCUT2D eigenvalue weighted by molar-refractivity contribution is 8.00. The molecule has 2 aliphatic heterocycles. The number of nitrogens with zero attached hydrogens (tertiary/aromatic N) is 1. The van der Waals surface area contributed by atoms with E-state index in [2.05, 4.69) is 5.32 Å². The molecule has 0 aliphatic carbocycles. The zero-order valence-electron chi connectivity index (χ0n) is 15.1. The van der Waals surface area contributed by atoms with Crippen molar-refractivity contribution >= 4 is 46.9 Å². The number of aliphatic carboxylic acids is 1. The van der Waals surface area contributed by atoms with Crippen molar-refractivity contribution in [3.8, 4) is 0 Å². The molecule has 1 saturated heterocycles. The fourth-order valence-electron chi connectivity index (χ4n) is 3.05. The Bertz CT molecular complexity index is 852. The van der Waals surface area contributed by atoms with Gasteiger partial charge in [-0.05, 0) is 11.4 Å². The van der Waals surface area contributed by atoms with Crippen LogP contribution in [0.1, 0.15) is 11.8 Å². The molecule has 11 heteroatoms. The van der Waals surface area contributed by atoms with Crippen LogP contribution in [0.15, 0.2) is 28.8 Å². The van der Waals surface area contributed by atoms with Gasteiger partial charge >= 0.3 is 5.97 Å². The number of esters is 1. The molecule has 0 aromatic carbocycles. The first-order valence-electron chi connectivity index (χ1n) is 8.20. The lowest BCUT2D eigenvalue weighted by atomic mass is 9.98. The van der Waals surface area contributed by atoms with Crippen molar-refractivity contribution in [2.75, 3.05) is 19.5 Å². The van der Waals surface area contributed by atoms with Crippen molar-refractivity contribution in [2.45, 2.75) is 24.4 Å². The Labute approximate surface area is 168 Å². The minimum Gasteiger partial charge on any atom is -0.543 e. The van der Waals surface area contributed by atoms with Gasteiger partial charge in [-0.15, -0.1) is 23.1 Å². The van der Waals surface area contributed by atoms with Gasteiger partial charge in [-0.25, -0.2) is 0 Å². The molecule has 1 unspecified atom stereocenters. The van der Waals surface area contributed by atoms with E-state index in [1.165, 1.54) is 37.1 Å². The highest BCUT2D eigenvalue weighted by Gasteiger charge is 2.65. The van der Waals surface area contributed by atoms with Gasteiger partial charge < -0.3 is 24.7 Å². The van der Waals surface area contributed by atoms with E-state index in [0.717, 1.165) is 9.78 Å². The number of carboxylic acids is 1. The van der Waals surface area contributed by atoms with Crippen LogP contribution in [-0.2, 0) is 35.1 Å². The summed E-state index contributed by atoms with van der Waals surface area (Å²) in [6.07, 6.45) is 0.0777. The highest BCUT2D eigenvalue weighted by atomic mass is 32.2. The van der Waals surface area contributed by atoms with Gasteiger partial charge in [0.1, 0.15) is 12.0 Å². The largest absolute Gasteiger partial charge is 0.543 e. The molecule has 3 heterocycles. The van der Waals surface area contributed by atoms with Crippen molar-refractivity contribution in [3.63, 3.8) is 0 Å². The maximum absolute atomic E-state index is 12.8. The van der Waals surface area contributed by atoms with Crippen molar-refractivity contribution in [3.05, 3.63) is 33.7 Å². The maximum Gasteiger partial charge on any atom is 0.302 e. The van der Waals surface area contributed by atoms with E-state index in [0.29, 0.717) is 0 Å². The number of nitrogens with one attached hydrogen (secondary N) is 1. The normalized spacial score (nSPS) is 23.7. The van der Waals surface area contributed by atoms with E-state index in [1.807, 2.05) is 11.4 Å². The Kier molecular flexibility index (Phi) is 5.77. The van der Waals surface area contributed by atoms with Crippen LogP contribution in [0.3, 0.4) is 0 Å². The third-order valence-corrected chi connectivity index (χ3v) is 6.57. The topological polar surface area (TPSA) is 125 Å². The summed E-state index contributed by atoms with van der Waals surface area (Å²) in [6, 6.07) is 3.61. The standard InChI is InChI=1S/C17H18N2O7S2/c1-9(20)26-7-10-8-28-16-17(25-2,15(24)19(16)13(10)14(22)23)18-12(21)6-11-4-3-5-27-11/h3-5,16H,6-8H2,1-2H3,(H,18,21)(H,22,23)/p-1/t16?,17-/m0/s1. The number of carbonyl (C=O) groups excluding carboxylic acids is 4. The van der Waals surface area contributed by atoms with Crippen LogP contribution in [0.4, 0.5) is 0 Å². The summed E-state index contributed by atoms with van der Waals surface area (Å²) in [5.74, 6) is -3.08. The first kappa shape index (κ1) is 20.4. The second kappa shape index (κ2) is 7.94. The molecule has 9 nitrogen and oxygen atoms in total. The molecule has 3 rings (SSSR count). The van der Waals surface area contributed by atoms with Crippen LogP contribution < -0.4 is 10.4 Å². The third kappa shape index (κ3) is 3.52. The molecule has 1 aromatic rings. The van der Waals surface area contributed by atoms with Crippen LogP contribution in [0.5, 0.6) is 0 Å². The second-order valence-electron chi connectivity index (χ2n) is 6.10. The van der Waals surface area contributed by atoms with E-state index in [1.54, 1.807) is 6.07 Å². The molecule has 1 N–H and O–H groups in total. The van der Waals surface area contributed by atoms with Crippen LogP contribution in [0, 0.1) is 0 Å². The first-order chi connectivity index (χ1) is 13.3. The first-order valence-corrected chi connectivity index (χ1v) is 10.1. The SMILES string of the molecule is CO[C@@]1(NC(=O)Cc2cccs2)C(=O)N2C(C(=O)[O-])=C(COC(C)=O)CSC21. The number of thiophene rings is 1. The molecular formula is C17H17N2O7S2-. The molecular weight excluding hydrogens is 408 g/mol. The smallest absolute Gasteiger partial charge is 0.302 e. The molecule has 0 radical (unpaired) electrons. The minimum absolute atomic E-state index is 0.0777. The fourth-order valence-corrected chi connectivity index (χ4v) is 5.18. The zero-order valence-corrected chi connectivity index (χ0v) is 16.7. The molecule has 0 bridgehead atoms. The van der Waals surface area contributed by atoms with Crippen LogP contribution in [0.25, 0.3) is 0 Å². The average Bonchev–Trinajstić information content (AvgIpc) is 3.15. The minimum atomic E-state index is -1.66. The lowest BCUT2D eigenvalue weighted by molar-refractivity contribution is -0.302. The van der Waals surface area contributed by atoms with E-state index in [9.17, 15) is 24.3 Å². The summed E-state index contributed by atoms with van der Waals surface area (Å²) in [7, 11) is 1.28. The van der Waals surface area contributed by atoms with E-state index in [4.69, 9.17) is 9.47 Å². The summed E-state index contributed by atoms with van der Waals surface area (Å²) >= 11 is 2.62. The maximum atomic E-state index is 12.8. The second-order valence-corrected chi connectivity index (χ2v) is 8.20. The molecule has 2 aliphatic rings. The molecule has 1 aromatic heterocycles. The Morgan fingerprint density at radius 2 is 2.18 bits per heavy atom. The molecule has 1 fully saturated rings. The molecule has 2 amide bonds. The summed E-state index contributed by atoms with van der Waals surface area (Å²) < 4.78 is 10.2. The Morgan fingerprint density at radius 1 is 1.43 bits per heavy atom. The molecule has 0 spiro atoms. The summed E-state index contributed by atoms with van der Waals surface area (Å²) in [5, 5.41) is 15.3. The molecule has 150 valence electrons. The predicted molar refractivity (Wildman–Crippen MR) is 97.7 cm³/mol. The number of fused-ring (bicyclic) bond motifs is 1. The van der Waals surface area contributed by atoms with E-state index < -0.39 is 34.9 Å². The molecule has 2 atom stereocenters. The van der Waals surface area contributed by atoms with Gasteiger partial charge in [0.25, 0.3) is 11.6 Å². The average molecular weight is 425 g/mol. The Balaban J connectivity index is 1.81. The van der Waals surface area contributed by atoms with Crippen molar-refractivity contribution in [1.82, 2.24) is 10.2 Å². The number of thioether (sulfide) groups is 1. The number of methoxy groups -OCH3 is 1. The Hall–Kier alpha value is -2.37. The van der Waals surface area contributed by atoms with Gasteiger partial charge in [0.05, 0.1) is 18.1 Å². The van der Waals surface area contributed by atoms with E-state index >= 15 is 0 Å². The summed E-state index contributed by atoms with van der Waals surface area (Å²) in [6.45, 7) is 0.943. The number of β-lactam (4-membered cyclic amide) rings is 1. The van der Waals surface area contributed by atoms with Crippen LogP contribution >= 0.6 is 23.1 Å². The van der Waals surface area contributed by atoms with Crippen molar-refractivity contribution in [1.29, 1.82) is 0 Å². The van der Waals surface area contributed by atoms with Gasteiger partial charge in [-0.2, -0.15) is 0 Å². The monoisotopic (exact) mass is 425 g/mol. The number of rotatable bonds is 7. The number of amides is 2. The molecule has 28 heavy (non-hydrogen) atoms. The number of hydrogen-bond donors (Lipinski definition) is 1. The number of carbonyl (C=O) groups is 4. The van der Waals surface area contributed by atoms with Crippen LogP contribution in [-0.4, -0.2) is 59.2 Å². The third-order valence-electron chi connectivity index (χ3n) is 4.32. The summed E-state index contributed by atoms with van der Waals surface area (Å²) in [4.78, 5) is 49.7. The van der Waals surface area contributed by atoms with Gasteiger partial charge in [0.2, 0.25) is 5.91 Å². The lowest BCUT2D eigenvalue weighted by Gasteiger charge is -2.56. The lowest BCUT2D eigenvalue weighted by Crippen LogP contribution is -2.81. The zero-order chi connectivity index (χ0) is 20.5. The summed E-state index contributed by atoms with van der Waals surface area (Å²) in [5.41, 5.74) is -1.76. The highest BCUT2D eigenvalue weighted by Crippen LogP contribution is 2.46. The quantitative estimate of drug-likeness (QED) is 0.343. The van der Waals surface area contributed by atoms with Gasteiger partial charge in [-0.3, -0.25) is 19.3 Å². The van der Waals surface area contributed by atoms with E-state index in [-0.39, 0.29) is 30.1 Å². The fraction of sp³-hybridized carbons (Fsp3) is 0.412. The number of hydrogen-bond acceptors (Lipinski definition) is 9. The van der Waals surface area contributed by atoms with Gasteiger partial charge in [-0.1, -0.05) is 6.07 Å². The number of ether oxygens (including phenoxy) is 2.